The molecule has 3 atom stereocenters. The SMILES string of the molecule is Cc1cc(C)cc(C(N)CN2CC3CCC2C3)c1. The highest BCUT2D eigenvalue weighted by Gasteiger charge is 2.38. The number of nitrogens with two attached hydrogens (primary N) is 1. The molecular weight excluding hydrogens is 220 g/mol. The van der Waals surface area contributed by atoms with Gasteiger partial charge in [0, 0.05) is 25.2 Å². The molecule has 2 bridgehead atoms. The molecule has 2 aliphatic rings. The van der Waals surface area contributed by atoms with Gasteiger partial charge in [0.25, 0.3) is 0 Å². The lowest BCUT2D eigenvalue weighted by atomic mass is 10.0. The Labute approximate surface area is 110 Å². The summed E-state index contributed by atoms with van der Waals surface area (Å²) in [5, 5.41) is 0. The molecule has 2 fully saturated rings. The van der Waals surface area contributed by atoms with Gasteiger partial charge in [-0.05, 0) is 44.6 Å². The summed E-state index contributed by atoms with van der Waals surface area (Å²) in [6.07, 6.45) is 4.25. The molecule has 1 aliphatic heterocycles. The van der Waals surface area contributed by atoms with Gasteiger partial charge in [-0.15, -0.1) is 0 Å². The zero-order valence-electron chi connectivity index (χ0n) is 11.5. The molecule has 2 heteroatoms. The van der Waals surface area contributed by atoms with Crippen LogP contribution in [-0.4, -0.2) is 24.0 Å². The quantitative estimate of drug-likeness (QED) is 0.886. The number of piperidine rings is 1. The van der Waals surface area contributed by atoms with Gasteiger partial charge < -0.3 is 5.73 Å². The van der Waals surface area contributed by atoms with Crippen LogP contribution in [0, 0.1) is 19.8 Å². The highest BCUT2D eigenvalue weighted by atomic mass is 15.2. The topological polar surface area (TPSA) is 29.3 Å². The Morgan fingerprint density at radius 2 is 1.94 bits per heavy atom. The summed E-state index contributed by atoms with van der Waals surface area (Å²) < 4.78 is 0. The molecule has 1 aromatic rings. The first-order valence-corrected chi connectivity index (χ1v) is 7.19. The smallest absolute Gasteiger partial charge is 0.0424 e. The van der Waals surface area contributed by atoms with Crippen LogP contribution < -0.4 is 5.73 Å². The second-order valence-corrected chi connectivity index (χ2v) is 6.31. The molecule has 1 heterocycles. The molecular formula is C16H24N2. The molecule has 98 valence electrons. The van der Waals surface area contributed by atoms with E-state index < -0.39 is 0 Å². The van der Waals surface area contributed by atoms with Crippen LogP contribution >= 0.6 is 0 Å². The Kier molecular flexibility index (Phi) is 3.16. The third kappa shape index (κ3) is 2.32. The third-order valence-electron chi connectivity index (χ3n) is 4.63. The Hall–Kier alpha value is -0.860. The molecule has 1 saturated heterocycles. The summed E-state index contributed by atoms with van der Waals surface area (Å²) in [7, 11) is 0. The first-order chi connectivity index (χ1) is 8.61. The molecule has 2 nitrogen and oxygen atoms in total. The van der Waals surface area contributed by atoms with Gasteiger partial charge >= 0.3 is 0 Å². The number of fused-ring (bicyclic) bond motifs is 2. The van der Waals surface area contributed by atoms with Crippen molar-refractivity contribution < 1.29 is 0 Å². The summed E-state index contributed by atoms with van der Waals surface area (Å²) in [6.45, 7) is 6.62. The van der Waals surface area contributed by atoms with E-state index in [4.69, 9.17) is 5.73 Å². The Bertz CT molecular complexity index is 420. The van der Waals surface area contributed by atoms with Crippen molar-refractivity contribution in [3.8, 4) is 0 Å². The van der Waals surface area contributed by atoms with E-state index in [9.17, 15) is 0 Å². The maximum absolute atomic E-state index is 6.40. The average molecular weight is 244 g/mol. The minimum absolute atomic E-state index is 0.169. The molecule has 0 amide bonds. The lowest BCUT2D eigenvalue weighted by Gasteiger charge is -2.29. The van der Waals surface area contributed by atoms with E-state index in [1.54, 1.807) is 0 Å². The van der Waals surface area contributed by atoms with Crippen LogP contribution in [0.5, 0.6) is 0 Å². The monoisotopic (exact) mass is 244 g/mol. The third-order valence-corrected chi connectivity index (χ3v) is 4.63. The van der Waals surface area contributed by atoms with Gasteiger partial charge in [-0.2, -0.15) is 0 Å². The zero-order valence-corrected chi connectivity index (χ0v) is 11.5. The van der Waals surface area contributed by atoms with Crippen LogP contribution in [0.25, 0.3) is 0 Å². The van der Waals surface area contributed by atoms with Crippen molar-refractivity contribution >= 4 is 0 Å². The van der Waals surface area contributed by atoms with Crippen LogP contribution in [0.15, 0.2) is 18.2 Å². The average Bonchev–Trinajstić information content (AvgIpc) is 2.89. The Balaban J connectivity index is 1.69. The van der Waals surface area contributed by atoms with Crippen LogP contribution in [0.3, 0.4) is 0 Å². The van der Waals surface area contributed by atoms with Gasteiger partial charge in [-0.1, -0.05) is 29.3 Å². The van der Waals surface area contributed by atoms with E-state index in [1.807, 2.05) is 0 Å². The largest absolute Gasteiger partial charge is 0.323 e. The fourth-order valence-electron chi connectivity index (χ4n) is 3.83. The number of aryl methyl sites for hydroxylation is 2. The van der Waals surface area contributed by atoms with Crippen molar-refractivity contribution in [3.05, 3.63) is 34.9 Å². The summed E-state index contributed by atoms with van der Waals surface area (Å²) in [5.74, 6) is 0.960. The van der Waals surface area contributed by atoms with Crippen molar-refractivity contribution in [1.82, 2.24) is 4.90 Å². The van der Waals surface area contributed by atoms with E-state index in [0.29, 0.717) is 0 Å². The van der Waals surface area contributed by atoms with E-state index in [2.05, 4.69) is 36.9 Å². The minimum atomic E-state index is 0.169. The number of hydrogen-bond donors (Lipinski definition) is 1. The molecule has 3 unspecified atom stereocenters. The minimum Gasteiger partial charge on any atom is -0.323 e. The molecule has 1 aliphatic carbocycles. The first-order valence-electron chi connectivity index (χ1n) is 7.19. The number of hydrogen-bond acceptors (Lipinski definition) is 2. The van der Waals surface area contributed by atoms with Crippen LogP contribution in [-0.2, 0) is 0 Å². The van der Waals surface area contributed by atoms with Crippen molar-refractivity contribution in [3.63, 3.8) is 0 Å². The second kappa shape index (κ2) is 4.67. The molecule has 0 radical (unpaired) electrons. The lowest BCUT2D eigenvalue weighted by molar-refractivity contribution is 0.201. The maximum Gasteiger partial charge on any atom is 0.0424 e. The number of benzene rings is 1. The van der Waals surface area contributed by atoms with Crippen molar-refractivity contribution in [2.24, 2.45) is 11.7 Å². The Morgan fingerprint density at radius 3 is 2.50 bits per heavy atom. The number of likely N-dealkylation sites (tertiary alicyclic amines) is 1. The van der Waals surface area contributed by atoms with Gasteiger partial charge in [0.1, 0.15) is 0 Å². The molecule has 18 heavy (non-hydrogen) atoms. The molecule has 3 rings (SSSR count). The van der Waals surface area contributed by atoms with Crippen LogP contribution in [0.4, 0.5) is 0 Å². The summed E-state index contributed by atoms with van der Waals surface area (Å²) >= 11 is 0. The van der Waals surface area contributed by atoms with Gasteiger partial charge in [-0.3, -0.25) is 4.90 Å². The van der Waals surface area contributed by atoms with Gasteiger partial charge in [-0.25, -0.2) is 0 Å². The van der Waals surface area contributed by atoms with E-state index in [0.717, 1.165) is 18.5 Å². The highest BCUT2D eigenvalue weighted by molar-refractivity contribution is 5.30. The predicted molar refractivity (Wildman–Crippen MR) is 75.5 cm³/mol. The molecule has 1 aromatic carbocycles. The van der Waals surface area contributed by atoms with E-state index in [1.165, 1.54) is 42.5 Å². The van der Waals surface area contributed by atoms with Crippen molar-refractivity contribution in [2.45, 2.75) is 45.2 Å². The molecule has 0 spiro atoms. The summed E-state index contributed by atoms with van der Waals surface area (Å²) in [5.41, 5.74) is 10.3. The second-order valence-electron chi connectivity index (χ2n) is 6.31. The number of rotatable bonds is 3. The Morgan fingerprint density at radius 1 is 1.22 bits per heavy atom. The number of nitrogens with zero attached hydrogens (tertiary/aromatic N) is 1. The van der Waals surface area contributed by atoms with E-state index in [-0.39, 0.29) is 6.04 Å². The normalized spacial score (nSPS) is 28.8. The van der Waals surface area contributed by atoms with Crippen LogP contribution in [0.1, 0.15) is 42.0 Å². The van der Waals surface area contributed by atoms with Crippen molar-refractivity contribution in [2.75, 3.05) is 13.1 Å². The maximum atomic E-state index is 6.40. The highest BCUT2D eigenvalue weighted by Crippen LogP contribution is 2.37. The standard InChI is InChI=1S/C16H24N2/c1-11-5-12(2)7-14(6-11)16(17)10-18-9-13-3-4-15(18)8-13/h5-7,13,15-16H,3-4,8-10,17H2,1-2H3. The van der Waals surface area contributed by atoms with E-state index >= 15 is 0 Å². The fraction of sp³-hybridized carbons (Fsp3) is 0.625. The van der Waals surface area contributed by atoms with Gasteiger partial charge in [0.05, 0.1) is 0 Å². The van der Waals surface area contributed by atoms with Gasteiger partial charge in [0.2, 0.25) is 0 Å². The van der Waals surface area contributed by atoms with Crippen molar-refractivity contribution in [1.29, 1.82) is 0 Å². The fourth-order valence-corrected chi connectivity index (χ4v) is 3.83. The molecule has 0 aromatic heterocycles. The zero-order chi connectivity index (χ0) is 12.7. The molecule has 2 N–H and O–H groups in total. The molecule has 1 saturated carbocycles. The summed E-state index contributed by atoms with van der Waals surface area (Å²) in [6, 6.07) is 7.70. The summed E-state index contributed by atoms with van der Waals surface area (Å²) in [4.78, 5) is 2.62. The first kappa shape index (κ1) is 12.2. The van der Waals surface area contributed by atoms with Crippen LogP contribution in [0.2, 0.25) is 0 Å². The lowest BCUT2D eigenvalue weighted by Crippen LogP contribution is -2.37. The predicted octanol–water partition coefficient (Wildman–Crippen LogP) is 2.79. The van der Waals surface area contributed by atoms with Gasteiger partial charge in [0.15, 0.2) is 0 Å².